The van der Waals surface area contributed by atoms with E-state index in [9.17, 15) is 13.7 Å². The molecule has 1 N–H and O–H groups in total. The molecule has 0 saturated heterocycles. The van der Waals surface area contributed by atoms with Gasteiger partial charge in [-0.3, -0.25) is 0 Å². The van der Waals surface area contributed by atoms with Crippen LogP contribution in [0.3, 0.4) is 0 Å². The fourth-order valence-corrected chi connectivity index (χ4v) is 4.51. The topological polar surface area (TPSA) is 83.1 Å². The highest BCUT2D eigenvalue weighted by molar-refractivity contribution is 7.91. The predicted octanol–water partition coefficient (Wildman–Crippen LogP) is 3.86. The first-order valence-corrected chi connectivity index (χ1v) is 9.56. The van der Waals surface area contributed by atoms with Gasteiger partial charge in [-0.15, -0.1) is 12.4 Å². The van der Waals surface area contributed by atoms with Gasteiger partial charge < -0.3 is 9.73 Å². The van der Waals surface area contributed by atoms with E-state index in [1.165, 1.54) is 30.3 Å². The molecule has 0 radical (unpaired) electrons. The molecule has 0 atom stereocenters. The van der Waals surface area contributed by atoms with E-state index in [0.717, 1.165) is 17.9 Å². The van der Waals surface area contributed by atoms with E-state index < -0.39 is 9.84 Å². The van der Waals surface area contributed by atoms with Crippen LogP contribution in [0.2, 0.25) is 5.02 Å². The van der Waals surface area contributed by atoms with Gasteiger partial charge >= 0.3 is 0 Å². The number of benzene rings is 2. The number of rotatable bonds is 2. The largest absolute Gasteiger partial charge is 0.459 e. The third kappa shape index (κ3) is 2.97. The van der Waals surface area contributed by atoms with E-state index >= 15 is 0 Å². The highest BCUT2D eigenvalue weighted by atomic mass is 35.5. The molecule has 1 aliphatic heterocycles. The second kappa shape index (κ2) is 6.93. The van der Waals surface area contributed by atoms with Crippen LogP contribution in [0, 0.1) is 11.3 Å². The van der Waals surface area contributed by atoms with Gasteiger partial charge in [-0.05, 0) is 36.4 Å². The van der Waals surface area contributed by atoms with Gasteiger partial charge in [0, 0.05) is 35.5 Å². The second-order valence-corrected chi connectivity index (χ2v) is 8.23. The molecule has 26 heavy (non-hydrogen) atoms. The number of nitrogens with zero attached hydrogens (tertiary/aromatic N) is 1. The van der Waals surface area contributed by atoms with Crippen LogP contribution >= 0.6 is 24.0 Å². The molecule has 5 nitrogen and oxygen atoms in total. The number of hydrogen-bond donors (Lipinski definition) is 1. The van der Waals surface area contributed by atoms with Gasteiger partial charge in [-0.25, -0.2) is 8.42 Å². The number of fused-ring (bicyclic) bond motifs is 3. The Balaban J connectivity index is 0.00000196. The maximum atomic E-state index is 12.9. The quantitative estimate of drug-likeness (QED) is 0.695. The summed E-state index contributed by atoms with van der Waals surface area (Å²) >= 11 is 5.84. The number of halogens is 2. The molecule has 0 amide bonds. The summed E-state index contributed by atoms with van der Waals surface area (Å²) in [6.45, 7) is 1.39. The first-order chi connectivity index (χ1) is 12.0. The zero-order valence-electron chi connectivity index (χ0n) is 13.5. The van der Waals surface area contributed by atoms with Crippen LogP contribution in [0.5, 0.6) is 0 Å². The Morgan fingerprint density at radius 3 is 2.58 bits per heavy atom. The van der Waals surface area contributed by atoms with Crippen molar-refractivity contribution >= 4 is 44.8 Å². The fraction of sp³-hybridized carbons (Fsp3) is 0.167. The number of sulfone groups is 1. The number of nitriles is 1. The third-order valence-electron chi connectivity index (χ3n) is 4.33. The normalized spacial score (nSPS) is 13.7. The molecule has 0 fully saturated rings. The van der Waals surface area contributed by atoms with E-state index in [4.69, 9.17) is 16.0 Å². The zero-order chi connectivity index (χ0) is 17.6. The van der Waals surface area contributed by atoms with Gasteiger partial charge in [0.1, 0.15) is 11.8 Å². The number of hydrogen-bond acceptors (Lipinski definition) is 5. The smallest absolute Gasteiger partial charge is 0.206 e. The fourth-order valence-electron chi connectivity index (χ4n) is 3.07. The summed E-state index contributed by atoms with van der Waals surface area (Å²) in [4.78, 5) is 0.212. The minimum Gasteiger partial charge on any atom is -0.459 e. The van der Waals surface area contributed by atoms with Gasteiger partial charge in [-0.2, -0.15) is 5.26 Å². The minimum atomic E-state index is -3.76. The molecular weight excluding hydrogens is 395 g/mol. The highest BCUT2D eigenvalue weighted by Crippen LogP contribution is 2.34. The first kappa shape index (κ1) is 18.7. The predicted molar refractivity (Wildman–Crippen MR) is 100 cm³/mol. The minimum absolute atomic E-state index is 0. The number of nitrogens with one attached hydrogen (secondary N) is 1. The molecule has 4 rings (SSSR count). The van der Waals surface area contributed by atoms with Crippen molar-refractivity contribution in [1.29, 1.82) is 5.26 Å². The average molecular weight is 409 g/mol. The average Bonchev–Trinajstić information content (AvgIpc) is 3.00. The van der Waals surface area contributed by atoms with Crippen molar-refractivity contribution in [2.24, 2.45) is 0 Å². The van der Waals surface area contributed by atoms with Gasteiger partial charge in [0.2, 0.25) is 9.84 Å². The molecule has 0 bridgehead atoms. The standard InChI is InChI=1S/C18H13ClN2O3S.ClH/c19-12-1-3-13(4-2-12)25(22,23)14-7-11(9-20)18-15(8-14)16-10-21-6-5-17(16)24-18;/h1-4,7-8,21H,5-6,10H2;1H. The number of furan rings is 1. The summed E-state index contributed by atoms with van der Waals surface area (Å²) in [5.41, 5.74) is 1.59. The lowest BCUT2D eigenvalue weighted by Gasteiger charge is -2.11. The Hall–Kier alpha value is -2.04. The molecule has 1 aromatic heterocycles. The van der Waals surface area contributed by atoms with Gasteiger partial charge in [0.05, 0.1) is 15.4 Å². The van der Waals surface area contributed by atoms with Crippen LogP contribution in [0.25, 0.3) is 11.0 Å². The van der Waals surface area contributed by atoms with Crippen molar-refractivity contribution in [3.8, 4) is 6.07 Å². The van der Waals surface area contributed by atoms with E-state index in [0.29, 0.717) is 29.0 Å². The van der Waals surface area contributed by atoms with Gasteiger partial charge in [0.15, 0.2) is 5.58 Å². The van der Waals surface area contributed by atoms with E-state index in [1.54, 1.807) is 6.07 Å². The van der Waals surface area contributed by atoms with E-state index in [2.05, 4.69) is 11.4 Å². The molecule has 0 saturated carbocycles. The van der Waals surface area contributed by atoms with Crippen molar-refractivity contribution in [3.63, 3.8) is 0 Å². The van der Waals surface area contributed by atoms with Crippen LogP contribution in [-0.2, 0) is 22.8 Å². The summed E-state index contributed by atoms with van der Waals surface area (Å²) < 4.78 is 31.7. The molecule has 134 valence electrons. The second-order valence-electron chi connectivity index (χ2n) is 5.85. The van der Waals surface area contributed by atoms with Crippen LogP contribution in [0.15, 0.2) is 50.6 Å². The molecule has 0 spiro atoms. The van der Waals surface area contributed by atoms with Crippen LogP contribution in [-0.4, -0.2) is 15.0 Å². The summed E-state index contributed by atoms with van der Waals surface area (Å²) in [5, 5.41) is 13.8. The van der Waals surface area contributed by atoms with Crippen molar-refractivity contribution < 1.29 is 12.8 Å². The van der Waals surface area contributed by atoms with Crippen molar-refractivity contribution in [2.45, 2.75) is 22.8 Å². The van der Waals surface area contributed by atoms with Crippen molar-refractivity contribution in [3.05, 3.63) is 58.3 Å². The Morgan fingerprint density at radius 2 is 1.88 bits per heavy atom. The van der Waals surface area contributed by atoms with E-state index in [1.807, 2.05) is 0 Å². The maximum Gasteiger partial charge on any atom is 0.206 e. The molecule has 0 aliphatic carbocycles. The molecule has 0 unspecified atom stereocenters. The lowest BCUT2D eigenvalue weighted by Crippen LogP contribution is -2.22. The molecule has 2 heterocycles. The Labute approximate surface area is 161 Å². The Bertz CT molecular complexity index is 1130. The summed E-state index contributed by atoms with van der Waals surface area (Å²) in [7, 11) is -3.76. The van der Waals surface area contributed by atoms with Crippen molar-refractivity contribution in [2.75, 3.05) is 6.54 Å². The summed E-state index contributed by atoms with van der Waals surface area (Å²) in [6.07, 6.45) is 0.716. The van der Waals surface area contributed by atoms with Crippen LogP contribution < -0.4 is 5.32 Å². The molecule has 2 aromatic carbocycles. The summed E-state index contributed by atoms with van der Waals surface area (Å²) in [6, 6.07) is 11.0. The van der Waals surface area contributed by atoms with Gasteiger partial charge in [-0.1, -0.05) is 11.6 Å². The first-order valence-electron chi connectivity index (χ1n) is 7.70. The maximum absolute atomic E-state index is 12.9. The Morgan fingerprint density at radius 1 is 1.15 bits per heavy atom. The van der Waals surface area contributed by atoms with Crippen molar-refractivity contribution in [1.82, 2.24) is 5.32 Å². The molecule has 1 aliphatic rings. The van der Waals surface area contributed by atoms with Crippen LogP contribution in [0.1, 0.15) is 16.9 Å². The van der Waals surface area contributed by atoms with Gasteiger partial charge in [0.25, 0.3) is 0 Å². The van der Waals surface area contributed by atoms with E-state index in [-0.39, 0.29) is 27.8 Å². The lowest BCUT2D eigenvalue weighted by molar-refractivity contribution is 0.500. The zero-order valence-corrected chi connectivity index (χ0v) is 15.8. The molecule has 8 heteroatoms. The Kier molecular flexibility index (Phi) is 5.00. The molecule has 3 aromatic rings. The molecular formula is C18H14Cl2N2O3S. The van der Waals surface area contributed by atoms with Crippen LogP contribution in [0.4, 0.5) is 0 Å². The lowest BCUT2D eigenvalue weighted by atomic mass is 10.0. The summed E-state index contributed by atoms with van der Waals surface area (Å²) in [5.74, 6) is 0.811. The third-order valence-corrected chi connectivity index (χ3v) is 6.34. The highest BCUT2D eigenvalue weighted by Gasteiger charge is 2.25. The SMILES string of the molecule is Cl.N#Cc1cc(S(=O)(=O)c2ccc(Cl)cc2)cc2c3c(oc12)CCNC3. The monoisotopic (exact) mass is 408 g/mol.